The number of hydrogen-bond donors (Lipinski definition) is 2. The van der Waals surface area contributed by atoms with Gasteiger partial charge in [-0.05, 0) is 44.7 Å². The first-order chi connectivity index (χ1) is 10.4. The van der Waals surface area contributed by atoms with Crippen LogP contribution in [0.4, 0.5) is 5.69 Å². The van der Waals surface area contributed by atoms with E-state index in [1.165, 1.54) is 0 Å². The van der Waals surface area contributed by atoms with Gasteiger partial charge in [0.2, 0.25) is 11.8 Å². The van der Waals surface area contributed by atoms with Crippen molar-refractivity contribution in [1.82, 2.24) is 10.2 Å². The predicted octanol–water partition coefficient (Wildman–Crippen LogP) is 2.52. The molecule has 5 nitrogen and oxygen atoms in total. The monoisotopic (exact) mass is 325 g/mol. The van der Waals surface area contributed by atoms with Gasteiger partial charge in [-0.15, -0.1) is 0 Å². The van der Waals surface area contributed by atoms with Crippen molar-refractivity contribution in [2.75, 3.05) is 25.5 Å². The molecule has 1 atom stereocenters. The highest BCUT2D eigenvalue weighted by Gasteiger charge is 2.12. The van der Waals surface area contributed by atoms with Gasteiger partial charge in [-0.3, -0.25) is 14.5 Å². The number of hydrogen-bond acceptors (Lipinski definition) is 3. The van der Waals surface area contributed by atoms with Crippen LogP contribution in [0.15, 0.2) is 24.3 Å². The van der Waals surface area contributed by atoms with Crippen LogP contribution in [0.25, 0.3) is 0 Å². The van der Waals surface area contributed by atoms with Gasteiger partial charge in [-0.2, -0.15) is 0 Å². The molecule has 0 saturated heterocycles. The molecule has 0 aliphatic carbocycles. The van der Waals surface area contributed by atoms with Crippen LogP contribution in [0.3, 0.4) is 0 Å². The van der Waals surface area contributed by atoms with Gasteiger partial charge in [0.25, 0.3) is 0 Å². The van der Waals surface area contributed by atoms with Gasteiger partial charge in [0, 0.05) is 16.8 Å². The van der Waals surface area contributed by atoms with E-state index in [-0.39, 0.29) is 30.9 Å². The van der Waals surface area contributed by atoms with Gasteiger partial charge in [0.15, 0.2) is 0 Å². The molecular formula is C16H24ClN3O2. The van der Waals surface area contributed by atoms with E-state index in [1.54, 1.807) is 36.2 Å². The number of anilines is 1. The number of halogens is 1. The van der Waals surface area contributed by atoms with E-state index in [0.29, 0.717) is 10.7 Å². The van der Waals surface area contributed by atoms with Gasteiger partial charge in [0.05, 0.1) is 13.1 Å². The molecule has 0 fully saturated rings. The molecule has 6 heteroatoms. The standard InChI is InChI=1S/C16H24ClN3O2/c1-4-5-12(2)18-15(21)10-20(3)11-16(22)19-14-8-6-13(17)7-9-14/h6-9,12H,4-5,10-11H2,1-3H3,(H,18,21)(H,19,22). The zero-order valence-corrected chi connectivity index (χ0v) is 14.1. The van der Waals surface area contributed by atoms with Crippen LogP contribution in [-0.4, -0.2) is 42.9 Å². The maximum atomic E-state index is 11.9. The van der Waals surface area contributed by atoms with Crippen molar-refractivity contribution in [3.05, 3.63) is 29.3 Å². The van der Waals surface area contributed by atoms with Gasteiger partial charge in [-0.1, -0.05) is 24.9 Å². The third kappa shape index (κ3) is 7.43. The number of carbonyl (C=O) groups excluding carboxylic acids is 2. The summed E-state index contributed by atoms with van der Waals surface area (Å²) >= 11 is 5.79. The fraction of sp³-hybridized carbons (Fsp3) is 0.500. The Hall–Kier alpha value is -1.59. The van der Waals surface area contributed by atoms with Crippen molar-refractivity contribution in [2.45, 2.75) is 32.7 Å². The van der Waals surface area contributed by atoms with E-state index in [4.69, 9.17) is 11.6 Å². The topological polar surface area (TPSA) is 61.4 Å². The summed E-state index contributed by atoms with van der Waals surface area (Å²) in [5.74, 6) is -0.234. The summed E-state index contributed by atoms with van der Waals surface area (Å²) in [7, 11) is 1.74. The minimum atomic E-state index is -0.167. The smallest absolute Gasteiger partial charge is 0.238 e. The van der Waals surface area contributed by atoms with Crippen LogP contribution in [0.5, 0.6) is 0 Å². The number of benzene rings is 1. The normalized spacial score (nSPS) is 12.0. The minimum absolute atomic E-state index is 0.0669. The van der Waals surface area contributed by atoms with Crippen molar-refractivity contribution >= 4 is 29.1 Å². The van der Waals surface area contributed by atoms with Crippen molar-refractivity contribution in [1.29, 1.82) is 0 Å². The van der Waals surface area contributed by atoms with Crippen molar-refractivity contribution in [3.8, 4) is 0 Å². The molecule has 122 valence electrons. The Kier molecular flexibility index (Phi) is 7.91. The van der Waals surface area contributed by atoms with E-state index in [1.807, 2.05) is 6.92 Å². The second-order valence-corrected chi connectivity index (χ2v) is 5.92. The molecule has 0 heterocycles. The number of likely N-dealkylation sites (N-methyl/N-ethyl adjacent to an activating group) is 1. The summed E-state index contributed by atoms with van der Waals surface area (Å²) in [6.45, 7) is 4.41. The Morgan fingerprint density at radius 1 is 1.18 bits per heavy atom. The lowest BCUT2D eigenvalue weighted by Gasteiger charge is -2.18. The predicted molar refractivity (Wildman–Crippen MR) is 90.1 cm³/mol. The third-order valence-electron chi connectivity index (χ3n) is 3.08. The van der Waals surface area contributed by atoms with Crippen LogP contribution in [0.2, 0.25) is 5.02 Å². The van der Waals surface area contributed by atoms with E-state index in [0.717, 1.165) is 12.8 Å². The van der Waals surface area contributed by atoms with E-state index in [2.05, 4.69) is 17.6 Å². The Morgan fingerprint density at radius 2 is 1.77 bits per heavy atom. The minimum Gasteiger partial charge on any atom is -0.353 e. The molecule has 0 aliphatic rings. The largest absolute Gasteiger partial charge is 0.353 e. The molecule has 0 bridgehead atoms. The second kappa shape index (κ2) is 9.43. The summed E-state index contributed by atoms with van der Waals surface area (Å²) in [6, 6.07) is 7.06. The quantitative estimate of drug-likeness (QED) is 0.772. The van der Waals surface area contributed by atoms with Gasteiger partial charge in [-0.25, -0.2) is 0 Å². The number of nitrogens with zero attached hydrogens (tertiary/aromatic N) is 1. The Balaban J connectivity index is 2.34. The van der Waals surface area contributed by atoms with Crippen LogP contribution in [-0.2, 0) is 9.59 Å². The summed E-state index contributed by atoms with van der Waals surface area (Å²) in [5, 5.41) is 6.30. The molecule has 2 amide bonds. The first-order valence-electron chi connectivity index (χ1n) is 7.44. The van der Waals surface area contributed by atoms with Gasteiger partial charge in [0.1, 0.15) is 0 Å². The van der Waals surface area contributed by atoms with E-state index < -0.39 is 0 Å². The van der Waals surface area contributed by atoms with Crippen molar-refractivity contribution in [3.63, 3.8) is 0 Å². The number of amides is 2. The van der Waals surface area contributed by atoms with Crippen LogP contribution in [0, 0.1) is 0 Å². The van der Waals surface area contributed by atoms with Crippen LogP contribution < -0.4 is 10.6 Å². The SMILES string of the molecule is CCCC(C)NC(=O)CN(C)CC(=O)Nc1ccc(Cl)cc1. The lowest BCUT2D eigenvalue weighted by Crippen LogP contribution is -2.41. The molecular weight excluding hydrogens is 302 g/mol. The maximum Gasteiger partial charge on any atom is 0.238 e. The fourth-order valence-electron chi connectivity index (χ4n) is 2.11. The van der Waals surface area contributed by atoms with E-state index in [9.17, 15) is 9.59 Å². The Labute approximate surface area is 137 Å². The fourth-order valence-corrected chi connectivity index (χ4v) is 2.23. The lowest BCUT2D eigenvalue weighted by atomic mass is 10.2. The highest BCUT2D eigenvalue weighted by atomic mass is 35.5. The molecule has 22 heavy (non-hydrogen) atoms. The average molecular weight is 326 g/mol. The van der Waals surface area contributed by atoms with Crippen LogP contribution in [0.1, 0.15) is 26.7 Å². The van der Waals surface area contributed by atoms with Gasteiger partial charge < -0.3 is 10.6 Å². The van der Waals surface area contributed by atoms with E-state index >= 15 is 0 Å². The zero-order valence-electron chi connectivity index (χ0n) is 13.4. The highest BCUT2D eigenvalue weighted by Crippen LogP contribution is 2.13. The lowest BCUT2D eigenvalue weighted by molar-refractivity contribution is -0.123. The molecule has 1 unspecified atom stereocenters. The van der Waals surface area contributed by atoms with Gasteiger partial charge >= 0.3 is 0 Å². The van der Waals surface area contributed by atoms with Crippen LogP contribution >= 0.6 is 11.6 Å². The molecule has 0 saturated carbocycles. The molecule has 1 aromatic rings. The molecule has 1 aromatic carbocycles. The number of rotatable bonds is 8. The summed E-state index contributed by atoms with van der Waals surface area (Å²) in [5.41, 5.74) is 0.684. The molecule has 2 N–H and O–H groups in total. The molecule has 0 spiro atoms. The molecule has 0 aromatic heterocycles. The first-order valence-corrected chi connectivity index (χ1v) is 7.81. The molecule has 1 rings (SSSR count). The highest BCUT2D eigenvalue weighted by molar-refractivity contribution is 6.30. The Bertz CT molecular complexity index is 491. The second-order valence-electron chi connectivity index (χ2n) is 5.48. The van der Waals surface area contributed by atoms with Crippen molar-refractivity contribution < 1.29 is 9.59 Å². The van der Waals surface area contributed by atoms with Crippen molar-refractivity contribution in [2.24, 2.45) is 0 Å². The average Bonchev–Trinajstić information content (AvgIpc) is 2.40. The molecule has 0 aliphatic heterocycles. The molecule has 0 radical (unpaired) electrons. The third-order valence-corrected chi connectivity index (χ3v) is 3.34. The summed E-state index contributed by atoms with van der Waals surface area (Å²) < 4.78 is 0. The zero-order chi connectivity index (χ0) is 16.5. The maximum absolute atomic E-state index is 11.9. The number of nitrogens with one attached hydrogen (secondary N) is 2. The first kappa shape index (κ1) is 18.5. The Morgan fingerprint density at radius 3 is 2.36 bits per heavy atom. The number of carbonyl (C=O) groups is 2. The summed E-state index contributed by atoms with van der Waals surface area (Å²) in [6.07, 6.45) is 1.98. The summed E-state index contributed by atoms with van der Waals surface area (Å²) in [4.78, 5) is 25.4.